The maximum Gasteiger partial charge on any atom is 0.350 e. The zero-order valence-corrected chi connectivity index (χ0v) is 24.2. The molecule has 2 aromatic rings. The van der Waals surface area contributed by atoms with Gasteiger partial charge in [-0.05, 0) is 109 Å². The summed E-state index contributed by atoms with van der Waals surface area (Å²) in [5, 5.41) is 0. The number of benzene rings is 1. The molecule has 1 saturated carbocycles. The summed E-state index contributed by atoms with van der Waals surface area (Å²) in [6.45, 7) is 18.6. The highest BCUT2D eigenvalue weighted by Gasteiger charge is 2.34. The predicted octanol–water partition coefficient (Wildman–Crippen LogP) is 7.81. The van der Waals surface area contributed by atoms with Gasteiger partial charge in [-0.25, -0.2) is 9.78 Å². The lowest BCUT2D eigenvalue weighted by molar-refractivity contribution is -0.174. The van der Waals surface area contributed by atoms with E-state index < -0.39 is 11.2 Å². The van der Waals surface area contributed by atoms with Crippen molar-refractivity contribution < 1.29 is 23.4 Å². The summed E-state index contributed by atoms with van der Waals surface area (Å²) >= 11 is 0. The second-order valence-corrected chi connectivity index (χ2v) is 12.2. The Balaban J connectivity index is 1.58. The molecule has 1 atom stereocenters. The summed E-state index contributed by atoms with van der Waals surface area (Å²) < 4.78 is 23.7. The van der Waals surface area contributed by atoms with E-state index in [1.54, 1.807) is 20.1 Å². The van der Waals surface area contributed by atoms with Gasteiger partial charge in [0, 0.05) is 11.5 Å². The highest BCUT2D eigenvalue weighted by molar-refractivity contribution is 5.79. The Kier molecular flexibility index (Phi) is 9.27. The van der Waals surface area contributed by atoms with Crippen LogP contribution in [0.15, 0.2) is 34.5 Å². The predicted molar refractivity (Wildman–Crippen MR) is 146 cm³/mol. The van der Waals surface area contributed by atoms with Gasteiger partial charge in [-0.15, -0.1) is 0 Å². The highest BCUT2D eigenvalue weighted by Crippen LogP contribution is 2.32. The van der Waals surface area contributed by atoms with Crippen molar-refractivity contribution in [1.82, 2.24) is 4.98 Å². The van der Waals surface area contributed by atoms with E-state index in [9.17, 15) is 4.79 Å². The quantitative estimate of drug-likeness (QED) is 0.253. The SMILES string of the molecule is Cc1ccc(-c2nc(COC[C@H]3CCC/C(=C/OC(C)(C)C(=O)OC(C)(C)C)C3)c(C(C)C)o2)cc1C. The summed E-state index contributed by atoms with van der Waals surface area (Å²) in [6.07, 6.45) is 5.82. The van der Waals surface area contributed by atoms with Crippen LogP contribution in [-0.4, -0.2) is 28.8 Å². The Hall–Kier alpha value is -2.60. The molecule has 37 heavy (non-hydrogen) atoms. The molecule has 0 saturated heterocycles. The fraction of sp³-hybridized carbons (Fsp3) is 0.613. The number of esters is 1. The van der Waals surface area contributed by atoms with E-state index in [4.69, 9.17) is 23.6 Å². The fourth-order valence-corrected chi connectivity index (χ4v) is 4.36. The van der Waals surface area contributed by atoms with Crippen LogP contribution in [-0.2, 0) is 25.6 Å². The monoisotopic (exact) mass is 511 g/mol. The van der Waals surface area contributed by atoms with Crippen molar-refractivity contribution in [2.24, 2.45) is 5.92 Å². The van der Waals surface area contributed by atoms with Crippen LogP contribution in [0.5, 0.6) is 0 Å². The van der Waals surface area contributed by atoms with Gasteiger partial charge in [-0.2, -0.15) is 0 Å². The first-order valence-corrected chi connectivity index (χ1v) is 13.5. The molecule has 6 nitrogen and oxygen atoms in total. The van der Waals surface area contributed by atoms with Gasteiger partial charge in [-0.1, -0.05) is 19.9 Å². The maximum atomic E-state index is 12.5. The minimum Gasteiger partial charge on any atom is -0.484 e. The third kappa shape index (κ3) is 8.19. The van der Waals surface area contributed by atoms with E-state index in [0.717, 1.165) is 42.7 Å². The van der Waals surface area contributed by atoms with Crippen LogP contribution >= 0.6 is 0 Å². The number of hydrogen-bond donors (Lipinski definition) is 0. The Morgan fingerprint density at radius 2 is 1.89 bits per heavy atom. The molecular weight excluding hydrogens is 466 g/mol. The van der Waals surface area contributed by atoms with Crippen molar-refractivity contribution in [2.75, 3.05) is 6.61 Å². The topological polar surface area (TPSA) is 70.8 Å². The molecule has 6 heteroatoms. The summed E-state index contributed by atoms with van der Waals surface area (Å²) in [4.78, 5) is 17.3. The van der Waals surface area contributed by atoms with Crippen LogP contribution in [0, 0.1) is 19.8 Å². The van der Waals surface area contributed by atoms with E-state index in [1.807, 2.05) is 20.8 Å². The van der Waals surface area contributed by atoms with Gasteiger partial charge in [0.2, 0.25) is 5.89 Å². The molecule has 3 rings (SSSR count). The number of aromatic nitrogens is 1. The molecule has 0 aliphatic heterocycles. The summed E-state index contributed by atoms with van der Waals surface area (Å²) in [5.74, 6) is 1.80. The van der Waals surface area contributed by atoms with Crippen LogP contribution in [0.3, 0.4) is 0 Å². The third-order valence-electron chi connectivity index (χ3n) is 6.67. The van der Waals surface area contributed by atoms with Gasteiger partial charge >= 0.3 is 5.97 Å². The lowest BCUT2D eigenvalue weighted by atomic mass is 9.86. The average molecular weight is 512 g/mol. The molecule has 1 fully saturated rings. The molecule has 1 heterocycles. The van der Waals surface area contributed by atoms with Crippen molar-refractivity contribution >= 4 is 5.97 Å². The molecule has 1 aromatic heterocycles. The number of nitrogens with zero attached hydrogens (tertiary/aromatic N) is 1. The number of oxazole rings is 1. The Morgan fingerprint density at radius 1 is 1.16 bits per heavy atom. The van der Waals surface area contributed by atoms with E-state index in [2.05, 4.69) is 45.9 Å². The van der Waals surface area contributed by atoms with Crippen molar-refractivity contribution in [3.63, 3.8) is 0 Å². The Morgan fingerprint density at radius 3 is 2.54 bits per heavy atom. The average Bonchev–Trinajstić information content (AvgIpc) is 3.23. The molecule has 0 amide bonds. The van der Waals surface area contributed by atoms with E-state index in [0.29, 0.717) is 25.0 Å². The second kappa shape index (κ2) is 11.8. The largest absolute Gasteiger partial charge is 0.484 e. The van der Waals surface area contributed by atoms with Crippen LogP contribution in [0.4, 0.5) is 0 Å². The molecule has 1 aliphatic carbocycles. The second-order valence-electron chi connectivity index (χ2n) is 12.2. The standard InChI is InChI=1S/C31H45NO5/c1-20(2)27-26(32-28(36-27)25-14-13-21(3)22(4)15-25)19-34-17-23-11-10-12-24(16-23)18-35-31(8,9)29(33)37-30(5,6)7/h13-15,18,20,23H,10-12,16-17,19H2,1-9H3/b24-18-/t23-/m0/s1. The minimum atomic E-state index is -1.03. The third-order valence-corrected chi connectivity index (χ3v) is 6.67. The fourth-order valence-electron chi connectivity index (χ4n) is 4.36. The van der Waals surface area contributed by atoms with Crippen molar-refractivity contribution in [3.05, 3.63) is 52.6 Å². The Labute approximate surface area is 222 Å². The first-order chi connectivity index (χ1) is 17.2. The van der Waals surface area contributed by atoms with Gasteiger partial charge in [0.15, 0.2) is 5.60 Å². The van der Waals surface area contributed by atoms with Crippen molar-refractivity contribution in [3.8, 4) is 11.5 Å². The minimum absolute atomic E-state index is 0.223. The zero-order valence-electron chi connectivity index (χ0n) is 24.2. The zero-order chi connectivity index (χ0) is 27.4. The van der Waals surface area contributed by atoms with Gasteiger partial charge in [0.1, 0.15) is 17.1 Å². The molecule has 0 spiro atoms. The number of hydrogen-bond acceptors (Lipinski definition) is 6. The van der Waals surface area contributed by atoms with Crippen LogP contribution < -0.4 is 0 Å². The number of rotatable bonds is 9. The first-order valence-electron chi connectivity index (χ1n) is 13.5. The van der Waals surface area contributed by atoms with E-state index in [1.165, 1.54) is 16.7 Å². The molecule has 0 N–H and O–H groups in total. The molecule has 1 aromatic carbocycles. The Bertz CT molecular complexity index is 1100. The molecule has 0 unspecified atom stereocenters. The summed E-state index contributed by atoms with van der Waals surface area (Å²) in [7, 11) is 0. The molecule has 0 radical (unpaired) electrons. The number of carbonyl (C=O) groups is 1. The lowest BCUT2D eigenvalue weighted by Crippen LogP contribution is -2.40. The van der Waals surface area contributed by atoms with E-state index >= 15 is 0 Å². The van der Waals surface area contributed by atoms with Crippen LogP contribution in [0.2, 0.25) is 0 Å². The molecule has 204 valence electrons. The van der Waals surface area contributed by atoms with Gasteiger partial charge in [-0.3, -0.25) is 0 Å². The van der Waals surface area contributed by atoms with Crippen LogP contribution in [0.25, 0.3) is 11.5 Å². The van der Waals surface area contributed by atoms with Gasteiger partial charge < -0.3 is 18.6 Å². The number of aryl methyl sites for hydroxylation is 2. The summed E-state index contributed by atoms with van der Waals surface area (Å²) in [5.41, 5.74) is 3.97. The molecular formula is C31H45NO5. The summed E-state index contributed by atoms with van der Waals surface area (Å²) in [6, 6.07) is 6.29. The smallest absolute Gasteiger partial charge is 0.350 e. The van der Waals surface area contributed by atoms with Crippen molar-refractivity contribution in [2.45, 2.75) is 112 Å². The van der Waals surface area contributed by atoms with Gasteiger partial charge in [0.25, 0.3) is 0 Å². The van der Waals surface area contributed by atoms with Crippen LogP contribution in [0.1, 0.15) is 103 Å². The van der Waals surface area contributed by atoms with Crippen molar-refractivity contribution in [1.29, 1.82) is 0 Å². The number of ether oxygens (including phenoxy) is 3. The van der Waals surface area contributed by atoms with Gasteiger partial charge in [0.05, 0.1) is 19.5 Å². The molecule has 0 bridgehead atoms. The number of allylic oxidation sites excluding steroid dienone is 1. The molecule has 1 aliphatic rings. The highest BCUT2D eigenvalue weighted by atomic mass is 16.6. The van der Waals surface area contributed by atoms with E-state index in [-0.39, 0.29) is 11.9 Å². The first kappa shape index (κ1) is 29.0. The lowest BCUT2D eigenvalue weighted by Gasteiger charge is -2.29. The normalized spacial score (nSPS) is 17.9. The number of carbonyl (C=O) groups excluding carboxylic acids is 1. The maximum absolute atomic E-state index is 12.5.